The fourth-order valence-corrected chi connectivity index (χ4v) is 6.90. The van der Waals surface area contributed by atoms with Crippen LogP contribution >= 0.6 is 0 Å². The highest BCUT2D eigenvalue weighted by molar-refractivity contribution is 7.89. The van der Waals surface area contributed by atoms with Gasteiger partial charge in [0.1, 0.15) is 10.6 Å². The predicted octanol–water partition coefficient (Wildman–Crippen LogP) is 2.93. The number of hydrogen-bond donors (Lipinski definition) is 0. The van der Waals surface area contributed by atoms with Crippen molar-refractivity contribution in [1.82, 2.24) is 18.7 Å². The molecule has 0 bridgehead atoms. The maximum absolute atomic E-state index is 13.2. The Labute approximate surface area is 187 Å². The van der Waals surface area contributed by atoms with Crippen LogP contribution in [0, 0.1) is 5.92 Å². The first-order valence-corrected chi connectivity index (χ1v) is 13.6. The number of carbonyl (C=O) groups excluding carboxylic acids is 1. The summed E-state index contributed by atoms with van der Waals surface area (Å²) in [7, 11) is -1.75. The number of sulfonamides is 1. The van der Waals surface area contributed by atoms with Crippen LogP contribution in [-0.2, 0) is 17.1 Å². The van der Waals surface area contributed by atoms with Gasteiger partial charge in [0, 0.05) is 46.0 Å². The third-order valence-electron chi connectivity index (χ3n) is 7.27. The lowest BCUT2D eigenvalue weighted by atomic mass is 9.96. The number of nitrogens with zero attached hydrogens (tertiary/aromatic N) is 4. The molecule has 1 amide bonds. The number of amides is 1. The summed E-state index contributed by atoms with van der Waals surface area (Å²) in [6.45, 7) is 6.27. The van der Waals surface area contributed by atoms with Gasteiger partial charge < -0.3 is 14.4 Å². The van der Waals surface area contributed by atoms with E-state index in [0.29, 0.717) is 24.7 Å². The first-order chi connectivity index (χ1) is 14.9. The Morgan fingerprint density at radius 1 is 0.903 bits per heavy atom. The van der Waals surface area contributed by atoms with Crippen molar-refractivity contribution in [1.29, 1.82) is 0 Å². The molecule has 3 aliphatic rings. The quantitative estimate of drug-likeness (QED) is 0.692. The van der Waals surface area contributed by atoms with Crippen molar-refractivity contribution < 1.29 is 13.2 Å². The van der Waals surface area contributed by atoms with Gasteiger partial charge in [0.25, 0.3) is 5.91 Å². The van der Waals surface area contributed by atoms with E-state index in [4.69, 9.17) is 0 Å². The normalized spacial score (nSPS) is 23.1. The van der Waals surface area contributed by atoms with Gasteiger partial charge in [-0.1, -0.05) is 19.3 Å². The molecule has 0 spiro atoms. The fourth-order valence-electron chi connectivity index (χ4n) is 5.31. The number of aromatic nitrogens is 1. The van der Waals surface area contributed by atoms with Crippen molar-refractivity contribution in [2.75, 3.05) is 45.8 Å². The summed E-state index contributed by atoms with van der Waals surface area (Å²) in [5.41, 5.74) is 0.474. The lowest BCUT2D eigenvalue weighted by Crippen LogP contribution is -2.42. The van der Waals surface area contributed by atoms with Gasteiger partial charge in [0.05, 0.1) is 0 Å². The fraction of sp³-hybridized carbons (Fsp3) is 0.783. The van der Waals surface area contributed by atoms with Gasteiger partial charge in [-0.25, -0.2) is 8.42 Å². The summed E-state index contributed by atoms with van der Waals surface area (Å²) in [6, 6.07) is 1.58. The Balaban J connectivity index is 1.36. The molecule has 3 saturated heterocycles. The summed E-state index contributed by atoms with van der Waals surface area (Å²) in [5.74, 6) is 0.612. The van der Waals surface area contributed by atoms with E-state index in [0.717, 1.165) is 51.7 Å². The third-order valence-corrected chi connectivity index (χ3v) is 9.13. The van der Waals surface area contributed by atoms with Crippen LogP contribution < -0.4 is 0 Å². The van der Waals surface area contributed by atoms with Crippen LogP contribution in [0.1, 0.15) is 68.3 Å². The number of piperidine rings is 2. The summed E-state index contributed by atoms with van der Waals surface area (Å²) in [5, 5.41) is 0. The molecule has 3 fully saturated rings. The third kappa shape index (κ3) is 5.34. The minimum Gasteiger partial charge on any atom is -0.345 e. The number of hydrogen-bond acceptors (Lipinski definition) is 4. The molecule has 0 radical (unpaired) electrons. The predicted molar refractivity (Wildman–Crippen MR) is 122 cm³/mol. The molecule has 0 N–H and O–H groups in total. The van der Waals surface area contributed by atoms with Crippen LogP contribution in [-0.4, -0.2) is 78.8 Å². The summed E-state index contributed by atoms with van der Waals surface area (Å²) in [4.78, 5) is 17.9. The molecular formula is C23H38N4O3S. The Bertz CT molecular complexity index is 844. The topological polar surface area (TPSA) is 65.9 Å². The Hall–Kier alpha value is -1.38. The summed E-state index contributed by atoms with van der Waals surface area (Å²) < 4.78 is 29.2. The second-order valence-corrected chi connectivity index (χ2v) is 11.5. The molecule has 0 saturated carbocycles. The zero-order valence-electron chi connectivity index (χ0n) is 19.0. The van der Waals surface area contributed by atoms with E-state index in [1.54, 1.807) is 28.2 Å². The number of rotatable bonds is 5. The molecule has 7 nitrogen and oxygen atoms in total. The molecule has 0 unspecified atom stereocenters. The van der Waals surface area contributed by atoms with E-state index >= 15 is 0 Å². The van der Waals surface area contributed by atoms with Crippen molar-refractivity contribution in [3.63, 3.8) is 0 Å². The van der Waals surface area contributed by atoms with E-state index in [1.807, 2.05) is 4.90 Å². The molecule has 31 heavy (non-hydrogen) atoms. The van der Waals surface area contributed by atoms with Crippen LogP contribution in [0.5, 0.6) is 0 Å². The Morgan fingerprint density at radius 2 is 1.48 bits per heavy atom. The van der Waals surface area contributed by atoms with Crippen molar-refractivity contribution >= 4 is 15.9 Å². The Kier molecular flexibility index (Phi) is 7.39. The largest absolute Gasteiger partial charge is 0.345 e. The van der Waals surface area contributed by atoms with Crippen molar-refractivity contribution in [2.24, 2.45) is 13.0 Å². The molecule has 3 aliphatic heterocycles. The van der Waals surface area contributed by atoms with Crippen LogP contribution in [0.3, 0.4) is 0 Å². The minimum atomic E-state index is -3.52. The van der Waals surface area contributed by atoms with Gasteiger partial charge >= 0.3 is 0 Å². The monoisotopic (exact) mass is 450 g/mol. The van der Waals surface area contributed by atoms with Gasteiger partial charge in [-0.2, -0.15) is 4.31 Å². The highest BCUT2D eigenvalue weighted by Crippen LogP contribution is 2.25. The highest BCUT2D eigenvalue weighted by Gasteiger charge is 2.31. The molecule has 4 rings (SSSR count). The van der Waals surface area contributed by atoms with Gasteiger partial charge in [0.15, 0.2) is 0 Å². The molecular weight excluding hydrogens is 412 g/mol. The van der Waals surface area contributed by atoms with Crippen LogP contribution in [0.4, 0.5) is 0 Å². The smallest absolute Gasteiger partial charge is 0.270 e. The van der Waals surface area contributed by atoms with E-state index in [2.05, 4.69) is 4.90 Å². The van der Waals surface area contributed by atoms with Crippen molar-refractivity contribution in [2.45, 2.75) is 62.7 Å². The van der Waals surface area contributed by atoms with Gasteiger partial charge in [0.2, 0.25) is 10.0 Å². The van der Waals surface area contributed by atoms with Crippen molar-refractivity contribution in [3.8, 4) is 0 Å². The average molecular weight is 451 g/mol. The summed E-state index contributed by atoms with van der Waals surface area (Å²) >= 11 is 0. The van der Waals surface area contributed by atoms with Gasteiger partial charge in [-0.15, -0.1) is 0 Å². The first kappa shape index (κ1) is 22.8. The molecule has 1 aromatic rings. The molecule has 0 atom stereocenters. The second kappa shape index (κ2) is 10.0. The van der Waals surface area contributed by atoms with Crippen LogP contribution in [0.15, 0.2) is 17.2 Å². The molecule has 4 heterocycles. The maximum Gasteiger partial charge on any atom is 0.270 e. The average Bonchev–Trinajstić information content (AvgIpc) is 3.00. The number of likely N-dealkylation sites (tertiary alicyclic amines) is 2. The minimum absolute atomic E-state index is 0.0455. The van der Waals surface area contributed by atoms with E-state index in [-0.39, 0.29) is 10.8 Å². The second-order valence-electron chi connectivity index (χ2n) is 9.59. The maximum atomic E-state index is 13.2. The van der Waals surface area contributed by atoms with Crippen LogP contribution in [0.2, 0.25) is 0 Å². The first-order valence-electron chi connectivity index (χ1n) is 12.1. The van der Waals surface area contributed by atoms with E-state index < -0.39 is 10.0 Å². The molecule has 174 valence electrons. The molecule has 0 aromatic carbocycles. The molecule has 1 aromatic heterocycles. The molecule has 0 aliphatic carbocycles. The standard InChI is InChI=1S/C23H38N4O3S/c1-24-19-21(31(29,30)27-13-7-4-8-14-27)17-22(24)23(28)26-15-9-20(10-16-26)18-25-11-5-2-3-6-12-25/h17,19-20H,2-16,18H2,1H3. The zero-order chi connectivity index (χ0) is 21.8. The van der Waals surface area contributed by atoms with Gasteiger partial charge in [-0.3, -0.25) is 4.79 Å². The number of carbonyl (C=O) groups is 1. The highest BCUT2D eigenvalue weighted by atomic mass is 32.2. The zero-order valence-corrected chi connectivity index (χ0v) is 19.8. The SMILES string of the molecule is Cn1cc(S(=O)(=O)N2CCCCC2)cc1C(=O)N1CCC(CN2CCCCCC2)CC1. The van der Waals surface area contributed by atoms with E-state index in [9.17, 15) is 13.2 Å². The van der Waals surface area contributed by atoms with Gasteiger partial charge in [-0.05, 0) is 63.6 Å². The van der Waals surface area contributed by atoms with Crippen molar-refractivity contribution in [3.05, 3.63) is 18.0 Å². The summed E-state index contributed by atoms with van der Waals surface area (Å²) in [6.07, 6.45) is 11.9. The lowest BCUT2D eigenvalue weighted by Gasteiger charge is -2.34. The lowest BCUT2D eigenvalue weighted by molar-refractivity contribution is 0.0658. The van der Waals surface area contributed by atoms with Crippen LogP contribution in [0.25, 0.3) is 0 Å². The number of aryl methyl sites for hydroxylation is 1. The van der Waals surface area contributed by atoms with E-state index in [1.165, 1.54) is 38.8 Å². The molecule has 8 heteroatoms. The Morgan fingerprint density at radius 3 is 2.13 bits per heavy atom.